The number of amides is 1. The average molecular weight is 472 g/mol. The van der Waals surface area contributed by atoms with E-state index in [-0.39, 0.29) is 5.91 Å². The number of carbonyl (C=O) groups is 1. The van der Waals surface area contributed by atoms with E-state index < -0.39 is 0 Å². The second kappa shape index (κ2) is 11.2. The van der Waals surface area contributed by atoms with Crippen LogP contribution in [0.3, 0.4) is 0 Å². The number of carbonyl (C=O) groups excluding carboxylic acids is 1. The highest BCUT2D eigenvalue weighted by atomic mass is 32.2. The Morgan fingerprint density at radius 2 is 1.65 bits per heavy atom. The minimum Gasteiger partial charge on any atom is -0.325 e. The van der Waals surface area contributed by atoms with E-state index in [0.717, 1.165) is 31.2 Å². The molecule has 0 fully saturated rings. The Kier molecular flexibility index (Phi) is 8.58. The van der Waals surface area contributed by atoms with Gasteiger partial charge in [0, 0.05) is 11.4 Å². The van der Waals surface area contributed by atoms with Crippen molar-refractivity contribution in [3.8, 4) is 0 Å². The Bertz CT molecular complexity index is 1010. The highest BCUT2D eigenvalue weighted by Crippen LogP contribution is 2.32. The van der Waals surface area contributed by atoms with E-state index in [0.29, 0.717) is 17.6 Å². The van der Waals surface area contributed by atoms with Crippen molar-refractivity contribution in [1.29, 1.82) is 0 Å². The first-order valence-corrected chi connectivity index (χ1v) is 13.2. The van der Waals surface area contributed by atoms with Gasteiger partial charge in [-0.05, 0) is 41.0 Å². The zero-order valence-corrected chi connectivity index (χ0v) is 21.1. The molecule has 7 heteroatoms. The smallest absolute Gasteiger partial charge is 0.234 e. The highest BCUT2D eigenvalue weighted by molar-refractivity contribution is 8.03. The zero-order chi connectivity index (χ0) is 22.4. The Morgan fingerprint density at radius 3 is 2.29 bits per heavy atom. The molecule has 31 heavy (non-hydrogen) atoms. The van der Waals surface area contributed by atoms with E-state index in [1.165, 1.54) is 22.9 Å². The SMILES string of the molecule is Cc1cccc(C(C)C)c1NC(=O)CSc1nnc(SCc2ccc(C(C)C)cc2)s1. The number of para-hydroxylation sites is 1. The molecule has 0 radical (unpaired) electrons. The lowest BCUT2D eigenvalue weighted by atomic mass is 9.98. The van der Waals surface area contributed by atoms with Gasteiger partial charge in [-0.1, -0.05) is 105 Å². The van der Waals surface area contributed by atoms with Crippen LogP contribution in [0.2, 0.25) is 0 Å². The predicted octanol–water partition coefficient (Wildman–Crippen LogP) is 7.12. The molecule has 164 valence electrons. The van der Waals surface area contributed by atoms with Crippen molar-refractivity contribution in [2.75, 3.05) is 11.1 Å². The van der Waals surface area contributed by atoms with Gasteiger partial charge in [-0.3, -0.25) is 4.79 Å². The van der Waals surface area contributed by atoms with Gasteiger partial charge in [-0.2, -0.15) is 0 Å². The van der Waals surface area contributed by atoms with Crippen LogP contribution in [-0.4, -0.2) is 21.9 Å². The van der Waals surface area contributed by atoms with E-state index in [1.54, 1.807) is 23.1 Å². The third kappa shape index (κ3) is 6.82. The molecule has 0 aliphatic heterocycles. The minimum atomic E-state index is -0.0177. The van der Waals surface area contributed by atoms with Crippen LogP contribution in [0, 0.1) is 6.92 Å². The fourth-order valence-electron chi connectivity index (χ4n) is 3.10. The molecule has 0 bridgehead atoms. The van der Waals surface area contributed by atoms with Crippen molar-refractivity contribution in [1.82, 2.24) is 10.2 Å². The van der Waals surface area contributed by atoms with Gasteiger partial charge in [0.15, 0.2) is 8.68 Å². The van der Waals surface area contributed by atoms with Crippen LogP contribution in [0.1, 0.15) is 61.8 Å². The number of benzene rings is 2. The molecule has 1 heterocycles. The molecule has 0 saturated carbocycles. The number of nitrogens with one attached hydrogen (secondary N) is 1. The van der Waals surface area contributed by atoms with E-state index in [2.05, 4.69) is 73.5 Å². The molecule has 0 aliphatic carbocycles. The number of hydrogen-bond donors (Lipinski definition) is 1. The highest BCUT2D eigenvalue weighted by Gasteiger charge is 2.14. The molecule has 0 atom stereocenters. The maximum absolute atomic E-state index is 12.5. The molecule has 3 aromatic rings. The Balaban J connectivity index is 1.51. The lowest BCUT2D eigenvalue weighted by molar-refractivity contribution is -0.113. The summed E-state index contributed by atoms with van der Waals surface area (Å²) in [5.74, 6) is 2.07. The van der Waals surface area contributed by atoms with Crippen molar-refractivity contribution in [2.45, 2.75) is 60.9 Å². The van der Waals surface area contributed by atoms with Crippen LogP contribution in [0.4, 0.5) is 5.69 Å². The summed E-state index contributed by atoms with van der Waals surface area (Å²) in [5.41, 5.74) is 5.81. The summed E-state index contributed by atoms with van der Waals surface area (Å²) in [7, 11) is 0. The molecule has 2 aromatic carbocycles. The summed E-state index contributed by atoms with van der Waals surface area (Å²) in [6.07, 6.45) is 0. The van der Waals surface area contributed by atoms with E-state index in [9.17, 15) is 4.79 Å². The first-order chi connectivity index (χ1) is 14.8. The summed E-state index contributed by atoms with van der Waals surface area (Å²) in [6, 6.07) is 14.9. The van der Waals surface area contributed by atoms with Crippen molar-refractivity contribution < 1.29 is 4.79 Å². The van der Waals surface area contributed by atoms with Crippen LogP contribution in [0.25, 0.3) is 0 Å². The van der Waals surface area contributed by atoms with Gasteiger partial charge in [-0.25, -0.2) is 0 Å². The molecule has 0 spiro atoms. The summed E-state index contributed by atoms with van der Waals surface area (Å²) >= 11 is 4.66. The largest absolute Gasteiger partial charge is 0.325 e. The third-order valence-electron chi connectivity index (χ3n) is 4.91. The number of aromatic nitrogens is 2. The van der Waals surface area contributed by atoms with Gasteiger partial charge in [0.2, 0.25) is 5.91 Å². The summed E-state index contributed by atoms with van der Waals surface area (Å²) < 4.78 is 1.75. The molecule has 0 saturated heterocycles. The fraction of sp³-hybridized carbons (Fsp3) is 0.375. The van der Waals surface area contributed by atoms with Crippen molar-refractivity contribution in [2.24, 2.45) is 0 Å². The predicted molar refractivity (Wildman–Crippen MR) is 135 cm³/mol. The fourth-order valence-corrected chi connectivity index (χ4v) is 5.88. The lowest BCUT2D eigenvalue weighted by Gasteiger charge is -2.16. The van der Waals surface area contributed by atoms with Crippen molar-refractivity contribution in [3.05, 3.63) is 64.7 Å². The Labute approximate surface area is 197 Å². The molecular weight excluding hydrogens is 442 g/mol. The lowest BCUT2D eigenvalue weighted by Crippen LogP contribution is -2.16. The van der Waals surface area contributed by atoms with Gasteiger partial charge in [0.1, 0.15) is 0 Å². The summed E-state index contributed by atoms with van der Waals surface area (Å²) in [5, 5.41) is 11.6. The van der Waals surface area contributed by atoms with Crippen molar-refractivity contribution >= 4 is 46.5 Å². The monoisotopic (exact) mass is 471 g/mol. The first-order valence-electron chi connectivity index (χ1n) is 10.4. The Morgan fingerprint density at radius 1 is 0.968 bits per heavy atom. The number of anilines is 1. The number of thioether (sulfide) groups is 2. The van der Waals surface area contributed by atoms with Gasteiger partial charge in [-0.15, -0.1) is 10.2 Å². The average Bonchev–Trinajstić information content (AvgIpc) is 3.20. The first kappa shape index (κ1) is 23.8. The van der Waals surface area contributed by atoms with Crippen LogP contribution in [-0.2, 0) is 10.5 Å². The molecule has 1 N–H and O–H groups in total. The van der Waals surface area contributed by atoms with Gasteiger partial charge in [0.05, 0.1) is 5.75 Å². The van der Waals surface area contributed by atoms with Gasteiger partial charge < -0.3 is 5.32 Å². The van der Waals surface area contributed by atoms with E-state index >= 15 is 0 Å². The second-order valence-corrected chi connectivity index (χ2v) is 11.5. The summed E-state index contributed by atoms with van der Waals surface area (Å²) in [6.45, 7) is 10.7. The van der Waals surface area contributed by atoms with Crippen LogP contribution in [0.15, 0.2) is 51.1 Å². The number of hydrogen-bond acceptors (Lipinski definition) is 6. The molecule has 3 rings (SSSR count). The normalized spacial score (nSPS) is 11.3. The molecule has 4 nitrogen and oxygen atoms in total. The number of aryl methyl sites for hydroxylation is 1. The molecule has 1 amide bonds. The third-order valence-corrected chi connectivity index (χ3v) is 8.18. The Hall–Kier alpha value is -1.83. The van der Waals surface area contributed by atoms with Gasteiger partial charge in [0.25, 0.3) is 0 Å². The molecule has 1 aromatic heterocycles. The van der Waals surface area contributed by atoms with Gasteiger partial charge >= 0.3 is 0 Å². The van der Waals surface area contributed by atoms with E-state index in [1.807, 2.05) is 19.1 Å². The van der Waals surface area contributed by atoms with E-state index in [4.69, 9.17) is 0 Å². The zero-order valence-electron chi connectivity index (χ0n) is 18.6. The van der Waals surface area contributed by atoms with Crippen LogP contribution >= 0.6 is 34.9 Å². The molecule has 0 aliphatic rings. The number of nitrogens with zero attached hydrogens (tertiary/aromatic N) is 2. The standard InChI is InChI=1S/C24H29N3OS3/c1-15(2)19-11-9-18(10-12-19)13-29-23-26-27-24(31-23)30-14-21(28)25-22-17(5)7-6-8-20(22)16(3)4/h6-12,15-16H,13-14H2,1-5H3,(H,25,28). The maximum atomic E-state index is 12.5. The second-order valence-electron chi connectivity index (χ2n) is 8.05. The minimum absolute atomic E-state index is 0.0177. The maximum Gasteiger partial charge on any atom is 0.234 e. The van der Waals surface area contributed by atoms with Crippen molar-refractivity contribution in [3.63, 3.8) is 0 Å². The van der Waals surface area contributed by atoms with Crippen LogP contribution in [0.5, 0.6) is 0 Å². The molecule has 0 unspecified atom stereocenters. The summed E-state index contributed by atoms with van der Waals surface area (Å²) in [4.78, 5) is 12.5. The van der Waals surface area contributed by atoms with Crippen LogP contribution < -0.4 is 5.32 Å². The topological polar surface area (TPSA) is 54.9 Å². The number of rotatable bonds is 9. The quantitative estimate of drug-likeness (QED) is 0.337. The molecular formula is C24H29N3OS3.